The van der Waals surface area contributed by atoms with Crippen molar-refractivity contribution in [3.8, 4) is 0 Å². The highest BCUT2D eigenvalue weighted by atomic mass is 127. The average molecular weight is 334 g/mol. The summed E-state index contributed by atoms with van der Waals surface area (Å²) in [7, 11) is 0. The number of aromatic nitrogens is 1. The van der Waals surface area contributed by atoms with Crippen molar-refractivity contribution in [2.24, 2.45) is 0 Å². The standard InChI is InChI=1S/C8H7ClF2INO/c9-2-6-4(3-14)1-5(12)7(13-6)8(10)11/h1,8,14H,2-3H2. The van der Waals surface area contributed by atoms with Crippen molar-refractivity contribution in [1.82, 2.24) is 4.98 Å². The largest absolute Gasteiger partial charge is 0.392 e. The normalized spacial score (nSPS) is 11.0. The van der Waals surface area contributed by atoms with E-state index in [9.17, 15) is 8.78 Å². The Kier molecular flexibility index (Phi) is 4.46. The second kappa shape index (κ2) is 5.18. The van der Waals surface area contributed by atoms with E-state index in [0.717, 1.165) is 0 Å². The van der Waals surface area contributed by atoms with Crippen LogP contribution in [0.25, 0.3) is 0 Å². The van der Waals surface area contributed by atoms with Gasteiger partial charge in [-0.15, -0.1) is 11.6 Å². The van der Waals surface area contributed by atoms with Crippen LogP contribution >= 0.6 is 34.2 Å². The van der Waals surface area contributed by atoms with E-state index in [1.807, 2.05) is 0 Å². The first-order chi connectivity index (χ1) is 6.60. The highest BCUT2D eigenvalue weighted by Gasteiger charge is 2.16. The summed E-state index contributed by atoms with van der Waals surface area (Å²) < 4.78 is 25.2. The molecule has 0 aromatic carbocycles. The topological polar surface area (TPSA) is 33.1 Å². The predicted octanol–water partition coefficient (Wildman–Crippen LogP) is 2.85. The smallest absolute Gasteiger partial charge is 0.281 e. The maximum absolute atomic E-state index is 12.4. The molecule has 14 heavy (non-hydrogen) atoms. The Morgan fingerprint density at radius 2 is 2.21 bits per heavy atom. The molecule has 0 atom stereocenters. The quantitative estimate of drug-likeness (QED) is 0.681. The minimum absolute atomic E-state index is 0.0204. The molecule has 1 N–H and O–H groups in total. The van der Waals surface area contributed by atoms with E-state index < -0.39 is 6.43 Å². The molecule has 1 rings (SSSR count). The molecule has 0 amide bonds. The van der Waals surface area contributed by atoms with Gasteiger partial charge >= 0.3 is 0 Å². The van der Waals surface area contributed by atoms with Gasteiger partial charge < -0.3 is 5.11 Å². The predicted molar refractivity (Wildman–Crippen MR) is 57.4 cm³/mol. The lowest BCUT2D eigenvalue weighted by Crippen LogP contribution is -2.03. The molecule has 0 saturated heterocycles. The number of halogens is 4. The minimum Gasteiger partial charge on any atom is -0.392 e. The van der Waals surface area contributed by atoms with Gasteiger partial charge in [0.25, 0.3) is 6.43 Å². The molecular weight excluding hydrogens is 326 g/mol. The number of hydrogen-bond acceptors (Lipinski definition) is 2. The monoisotopic (exact) mass is 333 g/mol. The fraction of sp³-hybridized carbons (Fsp3) is 0.375. The third-order valence-electron chi connectivity index (χ3n) is 1.68. The summed E-state index contributed by atoms with van der Waals surface area (Å²) in [5.74, 6) is 0.0204. The van der Waals surface area contributed by atoms with Crippen molar-refractivity contribution in [1.29, 1.82) is 0 Å². The maximum Gasteiger partial charge on any atom is 0.281 e. The first-order valence-corrected chi connectivity index (χ1v) is 5.34. The molecule has 78 valence electrons. The number of nitrogens with zero attached hydrogens (tertiary/aromatic N) is 1. The summed E-state index contributed by atoms with van der Waals surface area (Å²) >= 11 is 7.28. The van der Waals surface area contributed by atoms with Gasteiger partial charge in [0.1, 0.15) is 5.69 Å². The van der Waals surface area contributed by atoms with Gasteiger partial charge in [-0.1, -0.05) is 0 Å². The van der Waals surface area contributed by atoms with E-state index in [0.29, 0.717) is 14.8 Å². The van der Waals surface area contributed by atoms with Crippen LogP contribution in [0.15, 0.2) is 6.07 Å². The molecule has 0 unspecified atom stereocenters. The Labute approximate surface area is 98.4 Å². The van der Waals surface area contributed by atoms with Crippen molar-refractivity contribution in [3.63, 3.8) is 0 Å². The average Bonchev–Trinajstić information content (AvgIpc) is 2.16. The van der Waals surface area contributed by atoms with Crippen LogP contribution in [-0.2, 0) is 12.5 Å². The summed E-state index contributed by atoms with van der Waals surface area (Å²) in [5.41, 5.74) is 0.525. The van der Waals surface area contributed by atoms with Gasteiger partial charge in [-0.25, -0.2) is 13.8 Å². The van der Waals surface area contributed by atoms with Gasteiger partial charge in [-0.2, -0.15) is 0 Å². The molecule has 1 aromatic rings. The van der Waals surface area contributed by atoms with Crippen LogP contribution < -0.4 is 0 Å². The van der Waals surface area contributed by atoms with Crippen molar-refractivity contribution < 1.29 is 13.9 Å². The van der Waals surface area contributed by atoms with Crippen LogP contribution in [0.1, 0.15) is 23.4 Å². The van der Waals surface area contributed by atoms with Crippen molar-refractivity contribution in [2.75, 3.05) is 0 Å². The molecule has 0 fully saturated rings. The van der Waals surface area contributed by atoms with Gasteiger partial charge in [0.15, 0.2) is 0 Å². The molecule has 0 saturated carbocycles. The minimum atomic E-state index is -2.61. The number of alkyl halides is 3. The van der Waals surface area contributed by atoms with Gasteiger partial charge in [0.05, 0.1) is 18.2 Å². The van der Waals surface area contributed by atoms with Crippen molar-refractivity contribution >= 4 is 34.2 Å². The summed E-state index contributed by atoms with van der Waals surface area (Å²) in [4.78, 5) is 3.71. The van der Waals surface area contributed by atoms with Gasteiger partial charge in [-0.05, 0) is 28.7 Å². The van der Waals surface area contributed by atoms with Crippen LogP contribution in [0.2, 0.25) is 0 Å². The number of rotatable bonds is 3. The first kappa shape index (κ1) is 12.1. The second-order valence-electron chi connectivity index (χ2n) is 2.55. The molecule has 2 nitrogen and oxygen atoms in total. The Balaban J connectivity index is 3.23. The number of aliphatic hydroxyl groups excluding tert-OH is 1. The zero-order valence-corrected chi connectivity index (χ0v) is 9.89. The number of pyridine rings is 1. The molecule has 0 aliphatic rings. The Morgan fingerprint density at radius 1 is 1.57 bits per heavy atom. The van der Waals surface area contributed by atoms with Crippen LogP contribution in [0.5, 0.6) is 0 Å². The lowest BCUT2D eigenvalue weighted by atomic mass is 10.2. The van der Waals surface area contributed by atoms with Crippen molar-refractivity contribution in [3.05, 3.63) is 26.6 Å². The van der Waals surface area contributed by atoms with Crippen LogP contribution in [-0.4, -0.2) is 10.1 Å². The summed E-state index contributed by atoms with van der Waals surface area (Å²) in [5, 5.41) is 8.91. The molecule has 1 heterocycles. The van der Waals surface area contributed by atoms with E-state index in [1.165, 1.54) is 6.07 Å². The van der Waals surface area contributed by atoms with Crippen LogP contribution in [0.4, 0.5) is 8.78 Å². The summed E-state index contributed by atoms with van der Waals surface area (Å²) in [6, 6.07) is 1.48. The molecule has 0 spiro atoms. The Hall–Kier alpha value is -0.0100. The third kappa shape index (κ3) is 2.52. The zero-order chi connectivity index (χ0) is 10.7. The number of aliphatic hydroxyl groups is 1. The first-order valence-electron chi connectivity index (χ1n) is 3.73. The zero-order valence-electron chi connectivity index (χ0n) is 6.98. The molecule has 0 aliphatic heterocycles. The lowest BCUT2D eigenvalue weighted by Gasteiger charge is -2.08. The Morgan fingerprint density at radius 3 is 2.64 bits per heavy atom. The highest BCUT2D eigenvalue weighted by Crippen LogP contribution is 2.25. The second-order valence-corrected chi connectivity index (χ2v) is 3.98. The Bertz CT molecular complexity index is 335. The maximum atomic E-state index is 12.4. The number of hydrogen-bond donors (Lipinski definition) is 1. The SMILES string of the molecule is OCc1cc(I)c(C(F)F)nc1CCl. The molecule has 0 radical (unpaired) electrons. The third-order valence-corrected chi connectivity index (χ3v) is 2.79. The molecular formula is C8H7ClF2INO. The van der Waals surface area contributed by atoms with E-state index in [4.69, 9.17) is 16.7 Å². The van der Waals surface area contributed by atoms with Crippen molar-refractivity contribution in [2.45, 2.75) is 18.9 Å². The fourth-order valence-electron chi connectivity index (χ4n) is 0.986. The summed E-state index contributed by atoms with van der Waals surface area (Å²) in [6.45, 7) is -0.241. The molecule has 6 heteroatoms. The fourth-order valence-corrected chi connectivity index (χ4v) is 1.95. The lowest BCUT2D eigenvalue weighted by molar-refractivity contribution is 0.144. The van der Waals surface area contributed by atoms with E-state index >= 15 is 0 Å². The molecule has 0 aliphatic carbocycles. The van der Waals surface area contributed by atoms with Gasteiger partial charge in [-0.3, -0.25) is 0 Å². The van der Waals surface area contributed by atoms with E-state index in [1.54, 1.807) is 22.6 Å². The highest BCUT2D eigenvalue weighted by molar-refractivity contribution is 14.1. The van der Waals surface area contributed by atoms with E-state index in [-0.39, 0.29) is 18.2 Å². The molecule has 1 aromatic heterocycles. The van der Waals surface area contributed by atoms with E-state index in [2.05, 4.69) is 4.98 Å². The van der Waals surface area contributed by atoms with Crippen LogP contribution in [0.3, 0.4) is 0 Å². The molecule has 0 bridgehead atoms. The van der Waals surface area contributed by atoms with Crippen LogP contribution in [0, 0.1) is 3.57 Å². The van der Waals surface area contributed by atoms with Gasteiger partial charge in [0, 0.05) is 9.13 Å². The summed E-state index contributed by atoms with van der Waals surface area (Å²) in [6.07, 6.45) is -2.61. The van der Waals surface area contributed by atoms with Gasteiger partial charge in [0.2, 0.25) is 0 Å².